The van der Waals surface area contributed by atoms with Gasteiger partial charge in [-0.05, 0) is 31.2 Å². The highest BCUT2D eigenvalue weighted by Gasteiger charge is 2.37. The molecule has 5 heteroatoms. The summed E-state index contributed by atoms with van der Waals surface area (Å²) in [6.45, 7) is -0.198. The molecule has 4 N–H and O–H groups in total. The molecule has 0 aromatic heterocycles. The van der Waals surface area contributed by atoms with E-state index in [0.717, 1.165) is 25.7 Å². The molecule has 102 valence electrons. The second kappa shape index (κ2) is 5.73. The lowest BCUT2D eigenvalue weighted by atomic mass is 9.73. The van der Waals surface area contributed by atoms with E-state index in [1.54, 1.807) is 0 Å². The molecule has 1 aliphatic rings. The van der Waals surface area contributed by atoms with Crippen molar-refractivity contribution in [1.29, 1.82) is 0 Å². The van der Waals surface area contributed by atoms with Crippen LogP contribution in [-0.4, -0.2) is 29.1 Å². The number of nitrogens with zero attached hydrogens (tertiary/aromatic N) is 1. The Kier molecular flexibility index (Phi) is 4.04. The Labute approximate surface area is 112 Å². The Morgan fingerprint density at radius 3 is 2.58 bits per heavy atom. The van der Waals surface area contributed by atoms with Gasteiger partial charge in [0.05, 0.1) is 5.54 Å². The number of aliphatic imine (C=N–C) groups is 1. The fraction of sp³-hybridized carbons (Fsp3) is 0.429. The summed E-state index contributed by atoms with van der Waals surface area (Å²) in [6.07, 6.45) is 3.99. The number of carboxylic acids is 1. The van der Waals surface area contributed by atoms with Gasteiger partial charge in [0.15, 0.2) is 5.96 Å². The standard InChI is InChI=1S/C14H19N3O2/c15-13(16-10-12(18)19)17-14(7-4-8-14)9-11-5-2-1-3-6-11/h1-3,5-6H,4,7-10H2,(H,18,19)(H3,15,16,17). The number of carboxylic acid groups (broad SMARTS) is 1. The predicted molar refractivity (Wildman–Crippen MR) is 74.0 cm³/mol. The maximum Gasteiger partial charge on any atom is 0.322 e. The van der Waals surface area contributed by atoms with Gasteiger partial charge >= 0.3 is 5.97 Å². The van der Waals surface area contributed by atoms with Gasteiger partial charge in [0.1, 0.15) is 6.54 Å². The molecule has 0 aliphatic heterocycles. The number of hydrogen-bond donors (Lipinski definition) is 3. The smallest absolute Gasteiger partial charge is 0.322 e. The second-order valence-corrected chi connectivity index (χ2v) is 4.98. The maximum absolute atomic E-state index is 10.5. The van der Waals surface area contributed by atoms with Crippen molar-refractivity contribution in [3.05, 3.63) is 35.9 Å². The Morgan fingerprint density at radius 1 is 1.37 bits per heavy atom. The topological polar surface area (TPSA) is 87.7 Å². The number of nitrogens with two attached hydrogens (primary N) is 1. The Hall–Kier alpha value is -2.04. The SMILES string of the molecule is NC(=NC1(Cc2ccccc2)CCC1)NCC(=O)O. The summed E-state index contributed by atoms with van der Waals surface area (Å²) >= 11 is 0. The number of aliphatic carboxylic acids is 1. The minimum atomic E-state index is -0.941. The highest BCUT2D eigenvalue weighted by molar-refractivity contribution is 5.82. The Bertz CT molecular complexity index is 467. The molecule has 1 aromatic carbocycles. The molecule has 19 heavy (non-hydrogen) atoms. The van der Waals surface area contributed by atoms with Gasteiger partial charge in [-0.1, -0.05) is 30.3 Å². The molecule has 1 fully saturated rings. The molecule has 1 saturated carbocycles. The lowest BCUT2D eigenvalue weighted by molar-refractivity contribution is -0.135. The minimum Gasteiger partial charge on any atom is -0.480 e. The van der Waals surface area contributed by atoms with Crippen molar-refractivity contribution >= 4 is 11.9 Å². The third-order valence-corrected chi connectivity index (χ3v) is 3.44. The van der Waals surface area contributed by atoms with E-state index in [9.17, 15) is 4.79 Å². The molecule has 1 aromatic rings. The zero-order chi connectivity index (χ0) is 13.7. The van der Waals surface area contributed by atoms with Crippen LogP contribution in [0.4, 0.5) is 0 Å². The number of nitrogens with one attached hydrogen (secondary N) is 1. The number of carbonyl (C=O) groups is 1. The molecule has 1 aliphatic carbocycles. The van der Waals surface area contributed by atoms with Crippen LogP contribution in [-0.2, 0) is 11.2 Å². The van der Waals surface area contributed by atoms with Crippen molar-refractivity contribution in [2.24, 2.45) is 10.7 Å². The van der Waals surface area contributed by atoms with Gasteiger partial charge in [-0.3, -0.25) is 4.79 Å². The zero-order valence-corrected chi connectivity index (χ0v) is 10.8. The van der Waals surface area contributed by atoms with Crippen LogP contribution in [0.5, 0.6) is 0 Å². The molecular weight excluding hydrogens is 242 g/mol. The highest BCUT2D eigenvalue weighted by atomic mass is 16.4. The molecule has 0 heterocycles. The molecule has 2 rings (SSSR count). The van der Waals surface area contributed by atoms with Gasteiger partial charge in [-0.2, -0.15) is 0 Å². The summed E-state index contributed by atoms with van der Waals surface area (Å²) < 4.78 is 0. The van der Waals surface area contributed by atoms with Gasteiger partial charge in [-0.15, -0.1) is 0 Å². The van der Waals surface area contributed by atoms with Crippen LogP contribution in [0.2, 0.25) is 0 Å². The first-order valence-corrected chi connectivity index (χ1v) is 6.45. The van der Waals surface area contributed by atoms with Crippen LogP contribution in [0, 0.1) is 0 Å². The lowest BCUT2D eigenvalue weighted by Gasteiger charge is -2.38. The molecule has 0 bridgehead atoms. The molecule has 0 saturated heterocycles. The quantitative estimate of drug-likeness (QED) is 0.548. The fourth-order valence-electron chi connectivity index (χ4n) is 2.35. The number of rotatable bonds is 5. The highest BCUT2D eigenvalue weighted by Crippen LogP contribution is 2.38. The zero-order valence-electron chi connectivity index (χ0n) is 10.8. The van der Waals surface area contributed by atoms with E-state index in [4.69, 9.17) is 10.8 Å². The van der Waals surface area contributed by atoms with Gasteiger partial charge in [0.25, 0.3) is 0 Å². The van der Waals surface area contributed by atoms with Crippen molar-refractivity contribution in [2.75, 3.05) is 6.54 Å². The minimum absolute atomic E-state index is 0.156. The number of guanidine groups is 1. The summed E-state index contributed by atoms with van der Waals surface area (Å²) in [6, 6.07) is 10.2. The van der Waals surface area contributed by atoms with Crippen LogP contribution in [0.25, 0.3) is 0 Å². The third kappa shape index (κ3) is 3.71. The van der Waals surface area contributed by atoms with E-state index in [-0.39, 0.29) is 18.0 Å². The van der Waals surface area contributed by atoms with Crippen LogP contribution >= 0.6 is 0 Å². The monoisotopic (exact) mass is 261 g/mol. The molecule has 0 spiro atoms. The molecule has 5 nitrogen and oxygen atoms in total. The first kappa shape index (κ1) is 13.4. The summed E-state index contributed by atoms with van der Waals surface area (Å²) in [5, 5.41) is 11.2. The van der Waals surface area contributed by atoms with Crippen LogP contribution in [0.3, 0.4) is 0 Å². The number of benzene rings is 1. The van der Waals surface area contributed by atoms with Crippen LogP contribution in [0.1, 0.15) is 24.8 Å². The van der Waals surface area contributed by atoms with E-state index >= 15 is 0 Å². The van der Waals surface area contributed by atoms with Crippen molar-refractivity contribution in [1.82, 2.24) is 5.32 Å². The summed E-state index contributed by atoms with van der Waals surface area (Å²) in [7, 11) is 0. The predicted octanol–water partition coefficient (Wildman–Crippen LogP) is 1.14. The maximum atomic E-state index is 10.5. The summed E-state index contributed by atoms with van der Waals surface area (Å²) in [5.41, 5.74) is 6.82. The van der Waals surface area contributed by atoms with Crippen molar-refractivity contribution < 1.29 is 9.90 Å². The van der Waals surface area contributed by atoms with Crippen molar-refractivity contribution in [3.63, 3.8) is 0 Å². The lowest BCUT2D eigenvalue weighted by Crippen LogP contribution is -2.44. The molecule has 0 amide bonds. The Balaban J connectivity index is 2.02. The fourth-order valence-corrected chi connectivity index (χ4v) is 2.35. The Morgan fingerprint density at radius 2 is 2.05 bits per heavy atom. The van der Waals surface area contributed by atoms with Gasteiger partial charge in [0.2, 0.25) is 0 Å². The summed E-state index contributed by atoms with van der Waals surface area (Å²) in [5.74, 6) is -0.720. The first-order chi connectivity index (χ1) is 9.10. The largest absolute Gasteiger partial charge is 0.480 e. The van der Waals surface area contributed by atoms with Gasteiger partial charge < -0.3 is 16.2 Å². The van der Waals surface area contributed by atoms with Crippen molar-refractivity contribution in [3.8, 4) is 0 Å². The molecule has 0 atom stereocenters. The average molecular weight is 261 g/mol. The van der Waals surface area contributed by atoms with E-state index in [1.807, 2.05) is 18.2 Å². The van der Waals surface area contributed by atoms with E-state index in [0.29, 0.717) is 0 Å². The van der Waals surface area contributed by atoms with Gasteiger partial charge in [-0.25, -0.2) is 4.99 Å². The normalized spacial score (nSPS) is 17.6. The van der Waals surface area contributed by atoms with Gasteiger partial charge in [0, 0.05) is 0 Å². The molecular formula is C14H19N3O2. The van der Waals surface area contributed by atoms with Crippen LogP contribution < -0.4 is 11.1 Å². The third-order valence-electron chi connectivity index (χ3n) is 3.44. The van der Waals surface area contributed by atoms with Crippen molar-refractivity contribution in [2.45, 2.75) is 31.2 Å². The second-order valence-electron chi connectivity index (χ2n) is 4.98. The van der Waals surface area contributed by atoms with E-state index in [2.05, 4.69) is 22.4 Å². The molecule has 0 unspecified atom stereocenters. The average Bonchev–Trinajstić information content (AvgIpc) is 2.35. The first-order valence-electron chi connectivity index (χ1n) is 6.45. The van der Waals surface area contributed by atoms with E-state index in [1.165, 1.54) is 5.56 Å². The number of hydrogen-bond acceptors (Lipinski definition) is 2. The summed E-state index contributed by atoms with van der Waals surface area (Å²) in [4.78, 5) is 15.0. The molecule has 0 radical (unpaired) electrons. The van der Waals surface area contributed by atoms with Crippen LogP contribution in [0.15, 0.2) is 35.3 Å². The van der Waals surface area contributed by atoms with E-state index < -0.39 is 5.97 Å².